The summed E-state index contributed by atoms with van der Waals surface area (Å²) in [7, 11) is 0. The second kappa shape index (κ2) is 7.72. The number of aromatic nitrogens is 1. The number of nitrogens with zero attached hydrogens (tertiary/aromatic N) is 2. The van der Waals surface area contributed by atoms with Crippen molar-refractivity contribution in [3.63, 3.8) is 0 Å². The molecular weight excluding hydrogens is 324 g/mol. The highest BCUT2D eigenvalue weighted by Gasteiger charge is 2.36. The molecule has 5 nitrogen and oxygen atoms in total. The maximum Gasteiger partial charge on any atom is 0.227 e. The van der Waals surface area contributed by atoms with Crippen LogP contribution in [0.15, 0.2) is 30.5 Å². The Hall–Kier alpha value is -1.98. The molecule has 0 radical (unpaired) electrons. The standard InChI is InChI=1S/C21H28N4O/c22-8-7-15-11-16-3-2-10-24-20(16)18(12-15)14-25(19-5-6-19)21(26)17-4-1-9-23-13-17/h2-3,10-12,17,19,23H,1,4-9,13-14,22H2/t17-/m1/s1. The molecule has 1 amide bonds. The third-order valence-corrected chi connectivity index (χ3v) is 5.53. The summed E-state index contributed by atoms with van der Waals surface area (Å²) in [6.45, 7) is 3.13. The minimum absolute atomic E-state index is 0.121. The fraction of sp³-hybridized carbons (Fsp3) is 0.524. The van der Waals surface area contributed by atoms with Crippen molar-refractivity contribution < 1.29 is 4.79 Å². The van der Waals surface area contributed by atoms with Crippen molar-refractivity contribution in [2.75, 3.05) is 19.6 Å². The normalized spacial score (nSPS) is 20.3. The maximum atomic E-state index is 13.2. The van der Waals surface area contributed by atoms with Crippen LogP contribution in [0.25, 0.3) is 10.9 Å². The topological polar surface area (TPSA) is 71.2 Å². The average molecular weight is 352 g/mol. The SMILES string of the molecule is NCCc1cc(CN(C(=O)[C@@H]2CCCNC2)C2CC2)c2ncccc2c1. The third kappa shape index (κ3) is 3.74. The molecule has 1 aromatic heterocycles. The molecule has 2 fully saturated rings. The molecule has 2 aromatic rings. The largest absolute Gasteiger partial charge is 0.335 e. The van der Waals surface area contributed by atoms with Gasteiger partial charge in [-0.25, -0.2) is 0 Å². The number of carbonyl (C=O) groups is 1. The smallest absolute Gasteiger partial charge is 0.227 e. The second-order valence-corrected chi connectivity index (χ2v) is 7.61. The van der Waals surface area contributed by atoms with Crippen LogP contribution in [-0.2, 0) is 17.8 Å². The number of benzene rings is 1. The van der Waals surface area contributed by atoms with Gasteiger partial charge in [0.15, 0.2) is 0 Å². The average Bonchev–Trinajstić information content (AvgIpc) is 3.51. The number of piperidine rings is 1. The van der Waals surface area contributed by atoms with Gasteiger partial charge in [-0.3, -0.25) is 9.78 Å². The van der Waals surface area contributed by atoms with Gasteiger partial charge in [0.05, 0.1) is 11.4 Å². The minimum atomic E-state index is 0.121. The fourth-order valence-corrected chi connectivity index (χ4v) is 4.02. The van der Waals surface area contributed by atoms with Crippen LogP contribution in [0.4, 0.5) is 0 Å². The van der Waals surface area contributed by atoms with Crippen LogP contribution in [0.3, 0.4) is 0 Å². The third-order valence-electron chi connectivity index (χ3n) is 5.53. The van der Waals surface area contributed by atoms with Crippen molar-refractivity contribution in [1.82, 2.24) is 15.2 Å². The molecule has 1 atom stereocenters. The lowest BCUT2D eigenvalue weighted by Gasteiger charge is -2.30. The zero-order chi connectivity index (χ0) is 17.9. The number of pyridine rings is 1. The number of amides is 1. The van der Waals surface area contributed by atoms with Crippen molar-refractivity contribution in [1.29, 1.82) is 0 Å². The molecule has 2 heterocycles. The van der Waals surface area contributed by atoms with Crippen molar-refractivity contribution in [2.24, 2.45) is 11.7 Å². The molecule has 0 spiro atoms. The van der Waals surface area contributed by atoms with Gasteiger partial charge in [0.1, 0.15) is 0 Å². The van der Waals surface area contributed by atoms with E-state index in [1.165, 1.54) is 5.56 Å². The van der Waals surface area contributed by atoms with Crippen LogP contribution in [0, 0.1) is 5.92 Å². The molecule has 0 unspecified atom stereocenters. The van der Waals surface area contributed by atoms with E-state index in [9.17, 15) is 4.79 Å². The maximum absolute atomic E-state index is 13.2. The number of carbonyl (C=O) groups excluding carboxylic acids is 1. The van der Waals surface area contributed by atoms with E-state index in [1.807, 2.05) is 12.3 Å². The van der Waals surface area contributed by atoms with Gasteiger partial charge in [-0.2, -0.15) is 0 Å². The van der Waals surface area contributed by atoms with Crippen LogP contribution >= 0.6 is 0 Å². The quantitative estimate of drug-likeness (QED) is 0.836. The van der Waals surface area contributed by atoms with Crippen LogP contribution in [0.5, 0.6) is 0 Å². The summed E-state index contributed by atoms with van der Waals surface area (Å²) in [4.78, 5) is 19.9. The molecule has 26 heavy (non-hydrogen) atoms. The van der Waals surface area contributed by atoms with Crippen molar-refractivity contribution in [3.8, 4) is 0 Å². The van der Waals surface area contributed by atoms with Crippen LogP contribution in [-0.4, -0.2) is 41.5 Å². The molecular formula is C21H28N4O. The molecule has 4 rings (SSSR count). The molecule has 1 aliphatic carbocycles. The summed E-state index contributed by atoms with van der Waals surface area (Å²) in [5.74, 6) is 0.434. The Balaban J connectivity index is 1.63. The van der Waals surface area contributed by atoms with E-state index < -0.39 is 0 Å². The second-order valence-electron chi connectivity index (χ2n) is 7.61. The van der Waals surface area contributed by atoms with Crippen LogP contribution < -0.4 is 11.1 Å². The van der Waals surface area contributed by atoms with E-state index in [2.05, 4.69) is 33.4 Å². The Morgan fingerprint density at radius 2 is 2.19 bits per heavy atom. The van der Waals surface area contributed by atoms with Crippen molar-refractivity contribution in [3.05, 3.63) is 41.6 Å². The first kappa shape index (κ1) is 17.4. The zero-order valence-corrected chi connectivity index (χ0v) is 15.3. The first-order valence-corrected chi connectivity index (χ1v) is 9.84. The Labute approximate surface area is 155 Å². The Kier molecular flexibility index (Phi) is 5.18. The fourth-order valence-electron chi connectivity index (χ4n) is 4.02. The van der Waals surface area contributed by atoms with E-state index in [0.29, 0.717) is 25.0 Å². The molecule has 3 N–H and O–H groups in total. The van der Waals surface area contributed by atoms with Gasteiger partial charge in [0.2, 0.25) is 5.91 Å². The lowest BCUT2D eigenvalue weighted by atomic mass is 9.97. The highest BCUT2D eigenvalue weighted by atomic mass is 16.2. The summed E-state index contributed by atoms with van der Waals surface area (Å²) in [5, 5.41) is 4.51. The van der Waals surface area contributed by atoms with E-state index in [-0.39, 0.29) is 5.92 Å². The van der Waals surface area contributed by atoms with Gasteiger partial charge in [-0.05, 0) is 68.5 Å². The number of rotatable bonds is 6. The molecule has 1 saturated heterocycles. The van der Waals surface area contributed by atoms with Gasteiger partial charge in [0.25, 0.3) is 0 Å². The summed E-state index contributed by atoms with van der Waals surface area (Å²) in [5.41, 5.74) is 9.16. The summed E-state index contributed by atoms with van der Waals surface area (Å²) in [6, 6.07) is 8.84. The van der Waals surface area contributed by atoms with E-state index in [0.717, 1.165) is 61.7 Å². The first-order chi connectivity index (χ1) is 12.8. The Morgan fingerprint density at radius 1 is 1.31 bits per heavy atom. The lowest BCUT2D eigenvalue weighted by molar-refractivity contribution is -0.137. The minimum Gasteiger partial charge on any atom is -0.335 e. The number of nitrogens with one attached hydrogen (secondary N) is 1. The van der Waals surface area contributed by atoms with Gasteiger partial charge in [-0.15, -0.1) is 0 Å². The summed E-state index contributed by atoms with van der Waals surface area (Å²) < 4.78 is 0. The molecule has 2 aliphatic rings. The highest BCUT2D eigenvalue weighted by molar-refractivity contribution is 5.84. The number of nitrogens with two attached hydrogens (primary N) is 1. The monoisotopic (exact) mass is 352 g/mol. The number of hydrogen-bond donors (Lipinski definition) is 2. The molecule has 1 aliphatic heterocycles. The van der Waals surface area contributed by atoms with Crippen LogP contribution in [0.1, 0.15) is 36.8 Å². The predicted octanol–water partition coefficient (Wildman–Crippen LogP) is 2.23. The number of hydrogen-bond acceptors (Lipinski definition) is 4. The molecule has 5 heteroatoms. The van der Waals surface area contributed by atoms with Gasteiger partial charge in [-0.1, -0.05) is 12.1 Å². The zero-order valence-electron chi connectivity index (χ0n) is 15.3. The van der Waals surface area contributed by atoms with Crippen molar-refractivity contribution in [2.45, 2.75) is 44.7 Å². The Morgan fingerprint density at radius 3 is 2.92 bits per heavy atom. The van der Waals surface area contributed by atoms with Gasteiger partial charge in [0, 0.05) is 30.7 Å². The molecule has 1 aromatic carbocycles. The summed E-state index contributed by atoms with van der Waals surface area (Å²) in [6.07, 6.45) is 7.02. The van der Waals surface area contributed by atoms with Crippen LogP contribution in [0.2, 0.25) is 0 Å². The molecule has 1 saturated carbocycles. The highest BCUT2D eigenvalue weighted by Crippen LogP contribution is 2.32. The van der Waals surface area contributed by atoms with E-state index in [1.54, 1.807) is 0 Å². The predicted molar refractivity (Wildman–Crippen MR) is 104 cm³/mol. The van der Waals surface area contributed by atoms with Crippen molar-refractivity contribution >= 4 is 16.8 Å². The first-order valence-electron chi connectivity index (χ1n) is 9.84. The summed E-state index contributed by atoms with van der Waals surface area (Å²) >= 11 is 0. The van der Waals surface area contributed by atoms with Gasteiger partial charge >= 0.3 is 0 Å². The molecule has 138 valence electrons. The molecule has 0 bridgehead atoms. The Bertz CT molecular complexity index is 781. The van der Waals surface area contributed by atoms with E-state index in [4.69, 9.17) is 5.73 Å². The number of fused-ring (bicyclic) bond motifs is 1. The van der Waals surface area contributed by atoms with E-state index >= 15 is 0 Å². The lowest BCUT2D eigenvalue weighted by Crippen LogP contribution is -2.43. The van der Waals surface area contributed by atoms with Gasteiger partial charge < -0.3 is 16.0 Å².